The Labute approximate surface area is 89.0 Å². The first kappa shape index (κ1) is 9.66. The monoisotopic (exact) mass is 221 g/mol. The van der Waals surface area contributed by atoms with Gasteiger partial charge in [0, 0.05) is 24.7 Å². The van der Waals surface area contributed by atoms with E-state index >= 15 is 0 Å². The lowest BCUT2D eigenvalue weighted by molar-refractivity contribution is 0.930. The Morgan fingerprint density at radius 1 is 1.20 bits per heavy atom. The maximum absolute atomic E-state index is 11.0. The molecule has 0 saturated carbocycles. The van der Waals surface area contributed by atoms with Crippen LogP contribution in [0.1, 0.15) is 0 Å². The van der Waals surface area contributed by atoms with Gasteiger partial charge in [0.15, 0.2) is 11.0 Å². The van der Waals surface area contributed by atoms with Gasteiger partial charge in [-0.3, -0.25) is 4.79 Å². The number of H-pyrrole nitrogens is 1. The number of rotatable bonds is 2. The zero-order valence-corrected chi connectivity index (χ0v) is 8.36. The predicted molar refractivity (Wildman–Crippen MR) is 55.4 cm³/mol. The van der Waals surface area contributed by atoms with Crippen LogP contribution < -0.4 is 11.3 Å². The molecule has 0 aliphatic rings. The zero-order chi connectivity index (χ0) is 10.7. The second-order valence-corrected chi connectivity index (χ2v) is 3.57. The first-order chi connectivity index (χ1) is 7.25. The molecule has 0 aliphatic heterocycles. The molecule has 0 bridgehead atoms. The third-order valence-electron chi connectivity index (χ3n) is 1.53. The fourth-order valence-corrected chi connectivity index (χ4v) is 1.63. The average molecular weight is 221 g/mol. The highest BCUT2D eigenvalue weighted by molar-refractivity contribution is 7.99. The fraction of sp³-hybridized carbons (Fsp3) is 0. The predicted octanol–water partition coefficient (Wildman–Crippen LogP) is 0.293. The molecule has 0 aromatic carbocycles. The highest BCUT2D eigenvalue weighted by Gasteiger charge is 2.04. The molecule has 0 amide bonds. The Morgan fingerprint density at radius 2 is 2.00 bits per heavy atom. The Bertz CT molecular complexity index is 526. The number of nitrogens with one attached hydrogen (secondary N) is 1. The maximum Gasteiger partial charge on any atom is 0.251 e. The molecule has 0 saturated heterocycles. The van der Waals surface area contributed by atoms with Gasteiger partial charge in [-0.25, -0.2) is 15.0 Å². The van der Waals surface area contributed by atoms with Crippen molar-refractivity contribution in [2.75, 3.05) is 5.73 Å². The van der Waals surface area contributed by atoms with Crippen LogP contribution in [0.5, 0.6) is 0 Å². The first-order valence-corrected chi connectivity index (χ1v) is 4.87. The molecule has 76 valence electrons. The van der Waals surface area contributed by atoms with Crippen molar-refractivity contribution in [3.63, 3.8) is 0 Å². The van der Waals surface area contributed by atoms with Gasteiger partial charge in [-0.15, -0.1) is 0 Å². The SMILES string of the molecule is Nc1nccnc1Sc1nccc(=O)[nH]1. The summed E-state index contributed by atoms with van der Waals surface area (Å²) in [6, 6.07) is 1.34. The Balaban J connectivity index is 2.30. The molecule has 0 fully saturated rings. The van der Waals surface area contributed by atoms with E-state index in [1.165, 1.54) is 24.7 Å². The van der Waals surface area contributed by atoms with Gasteiger partial charge in [0.1, 0.15) is 5.03 Å². The van der Waals surface area contributed by atoms with Gasteiger partial charge >= 0.3 is 0 Å². The van der Waals surface area contributed by atoms with Crippen molar-refractivity contribution < 1.29 is 0 Å². The van der Waals surface area contributed by atoms with E-state index in [9.17, 15) is 4.79 Å². The van der Waals surface area contributed by atoms with Gasteiger partial charge in [-0.2, -0.15) is 0 Å². The summed E-state index contributed by atoms with van der Waals surface area (Å²) in [5.41, 5.74) is 5.38. The molecule has 6 nitrogen and oxygen atoms in total. The highest BCUT2D eigenvalue weighted by atomic mass is 32.2. The molecule has 0 unspecified atom stereocenters. The molecule has 2 rings (SSSR count). The van der Waals surface area contributed by atoms with Gasteiger partial charge in [-0.1, -0.05) is 0 Å². The van der Waals surface area contributed by atoms with Gasteiger partial charge in [-0.05, 0) is 11.8 Å². The topological polar surface area (TPSA) is 97.5 Å². The van der Waals surface area contributed by atoms with Crippen molar-refractivity contribution in [3.8, 4) is 0 Å². The lowest BCUT2D eigenvalue weighted by Gasteiger charge is -2.00. The van der Waals surface area contributed by atoms with Crippen LogP contribution in [0.25, 0.3) is 0 Å². The van der Waals surface area contributed by atoms with Crippen molar-refractivity contribution in [1.29, 1.82) is 0 Å². The van der Waals surface area contributed by atoms with Crippen molar-refractivity contribution in [2.24, 2.45) is 0 Å². The van der Waals surface area contributed by atoms with E-state index < -0.39 is 0 Å². The van der Waals surface area contributed by atoms with Crippen LogP contribution in [-0.2, 0) is 0 Å². The second kappa shape index (κ2) is 4.09. The molecular weight excluding hydrogens is 214 g/mol. The molecule has 15 heavy (non-hydrogen) atoms. The summed E-state index contributed by atoms with van der Waals surface area (Å²) in [5, 5.41) is 0.960. The minimum absolute atomic E-state index is 0.213. The summed E-state index contributed by atoms with van der Waals surface area (Å²) in [7, 11) is 0. The molecule has 2 aromatic rings. The fourth-order valence-electron chi connectivity index (χ4n) is 0.910. The molecule has 7 heteroatoms. The minimum atomic E-state index is -0.213. The summed E-state index contributed by atoms with van der Waals surface area (Å²) in [4.78, 5) is 25.4. The van der Waals surface area contributed by atoms with Crippen molar-refractivity contribution in [3.05, 3.63) is 35.0 Å². The third-order valence-corrected chi connectivity index (χ3v) is 2.44. The van der Waals surface area contributed by atoms with Gasteiger partial charge < -0.3 is 10.7 Å². The van der Waals surface area contributed by atoms with Gasteiger partial charge in [0.2, 0.25) is 0 Å². The van der Waals surface area contributed by atoms with E-state index in [-0.39, 0.29) is 5.56 Å². The van der Waals surface area contributed by atoms with E-state index in [0.717, 1.165) is 11.8 Å². The standard InChI is InChI=1S/C8H7N5OS/c9-6-7(11-4-3-10-6)15-8-12-2-1-5(14)13-8/h1-4H,(H2,9,10)(H,12,13,14). The number of nitrogens with zero attached hydrogens (tertiary/aromatic N) is 3. The van der Waals surface area contributed by atoms with E-state index in [1.807, 2.05) is 0 Å². The van der Waals surface area contributed by atoms with Crippen molar-refractivity contribution >= 4 is 17.6 Å². The molecule has 0 radical (unpaired) electrons. The van der Waals surface area contributed by atoms with Crippen molar-refractivity contribution in [2.45, 2.75) is 10.2 Å². The zero-order valence-electron chi connectivity index (χ0n) is 7.54. The molecule has 2 heterocycles. The number of anilines is 1. The Hall–Kier alpha value is -1.89. The van der Waals surface area contributed by atoms with Crippen LogP contribution in [0.2, 0.25) is 0 Å². The third kappa shape index (κ3) is 2.32. The largest absolute Gasteiger partial charge is 0.381 e. The van der Waals surface area contributed by atoms with E-state index in [4.69, 9.17) is 5.73 Å². The van der Waals surface area contributed by atoms with Crippen LogP contribution in [0.4, 0.5) is 5.82 Å². The molecule has 2 aromatic heterocycles. The van der Waals surface area contributed by atoms with Crippen LogP contribution in [0, 0.1) is 0 Å². The number of hydrogen-bond donors (Lipinski definition) is 2. The first-order valence-electron chi connectivity index (χ1n) is 4.05. The number of nitrogen functional groups attached to an aromatic ring is 1. The van der Waals surface area contributed by atoms with E-state index in [1.54, 1.807) is 0 Å². The quantitative estimate of drug-likeness (QED) is 0.707. The van der Waals surface area contributed by atoms with Crippen LogP contribution in [0.3, 0.4) is 0 Å². The summed E-state index contributed by atoms with van der Waals surface area (Å²) in [6.07, 6.45) is 4.45. The number of nitrogens with two attached hydrogens (primary N) is 1. The molecule has 0 atom stereocenters. The number of aromatic nitrogens is 4. The summed E-state index contributed by atoms with van der Waals surface area (Å²) in [6.45, 7) is 0. The lowest BCUT2D eigenvalue weighted by atomic mass is 10.7. The molecule has 3 N–H and O–H groups in total. The Kier molecular flexibility index (Phi) is 2.64. The van der Waals surface area contributed by atoms with E-state index in [2.05, 4.69) is 19.9 Å². The van der Waals surface area contributed by atoms with Gasteiger partial charge in [0.05, 0.1) is 0 Å². The smallest absolute Gasteiger partial charge is 0.251 e. The lowest BCUT2D eigenvalue weighted by Crippen LogP contribution is -2.05. The molecule has 0 spiro atoms. The van der Waals surface area contributed by atoms with Crippen LogP contribution in [0.15, 0.2) is 39.6 Å². The molecule has 0 aliphatic carbocycles. The average Bonchev–Trinajstić information content (AvgIpc) is 2.22. The second-order valence-electron chi connectivity index (χ2n) is 2.59. The molecular formula is C8H7N5OS. The van der Waals surface area contributed by atoms with Crippen LogP contribution >= 0.6 is 11.8 Å². The highest BCUT2D eigenvalue weighted by Crippen LogP contribution is 2.24. The maximum atomic E-state index is 11.0. The summed E-state index contributed by atoms with van der Waals surface area (Å²) < 4.78 is 0. The van der Waals surface area contributed by atoms with Gasteiger partial charge in [0.25, 0.3) is 5.56 Å². The van der Waals surface area contributed by atoms with E-state index in [0.29, 0.717) is 16.0 Å². The minimum Gasteiger partial charge on any atom is -0.381 e. The van der Waals surface area contributed by atoms with Crippen molar-refractivity contribution in [1.82, 2.24) is 19.9 Å². The Morgan fingerprint density at radius 3 is 2.73 bits per heavy atom. The van der Waals surface area contributed by atoms with Crippen LogP contribution in [-0.4, -0.2) is 19.9 Å². The normalized spacial score (nSPS) is 10.1. The number of hydrogen-bond acceptors (Lipinski definition) is 6. The summed E-state index contributed by atoms with van der Waals surface area (Å²) in [5.74, 6) is 0.314. The summed E-state index contributed by atoms with van der Waals surface area (Å²) >= 11 is 1.16. The number of aromatic amines is 1.